The molecule has 0 aliphatic carbocycles. The Kier molecular flexibility index (Phi) is 6.46. The quantitative estimate of drug-likeness (QED) is 0.235. The minimum atomic E-state index is 0.781. The summed E-state index contributed by atoms with van der Waals surface area (Å²) >= 11 is 0. The number of benzene rings is 4. The van der Waals surface area contributed by atoms with Gasteiger partial charge in [0.2, 0.25) is 0 Å². The maximum atomic E-state index is 4.44. The number of hydrogen-bond acceptors (Lipinski definition) is 4. The third kappa shape index (κ3) is 5.29. The number of fused-ring (bicyclic) bond motifs is 2. The van der Waals surface area contributed by atoms with Gasteiger partial charge in [0.1, 0.15) is 0 Å². The van der Waals surface area contributed by atoms with E-state index in [4.69, 9.17) is 0 Å². The summed E-state index contributed by atoms with van der Waals surface area (Å²) < 4.78 is 0. The molecule has 2 aromatic heterocycles. The Morgan fingerprint density at radius 3 is 1.30 bits per heavy atom. The van der Waals surface area contributed by atoms with Crippen LogP contribution in [0.3, 0.4) is 0 Å². The summed E-state index contributed by atoms with van der Waals surface area (Å²) in [5.74, 6) is 0. The van der Waals surface area contributed by atoms with Gasteiger partial charge < -0.3 is 10.6 Å². The average molecular weight is 481 g/mol. The van der Waals surface area contributed by atoms with Crippen molar-refractivity contribution in [3.63, 3.8) is 0 Å². The van der Waals surface area contributed by atoms with Gasteiger partial charge in [0, 0.05) is 47.6 Å². The lowest BCUT2D eigenvalue weighted by Crippen LogP contribution is -2.01. The van der Waals surface area contributed by atoms with Gasteiger partial charge in [-0.15, -0.1) is 0 Å². The van der Waals surface area contributed by atoms with Crippen molar-refractivity contribution in [2.75, 3.05) is 10.6 Å². The number of pyridine rings is 2. The number of nitrogens with one attached hydrogen (secondary N) is 2. The zero-order chi connectivity index (χ0) is 24.9. The van der Waals surface area contributed by atoms with Crippen LogP contribution in [0.15, 0.2) is 122 Å². The molecule has 0 aliphatic heterocycles. The van der Waals surface area contributed by atoms with Crippen LogP contribution in [0.2, 0.25) is 0 Å². The first-order chi connectivity index (χ1) is 18.3. The minimum Gasteiger partial charge on any atom is -0.380 e. The third-order valence-electron chi connectivity index (χ3n) is 6.72. The molecule has 180 valence electrons. The van der Waals surface area contributed by atoms with Crippen molar-refractivity contribution in [2.45, 2.75) is 19.5 Å². The van der Waals surface area contributed by atoms with Crippen LogP contribution in [-0.4, -0.2) is 9.97 Å². The fourth-order valence-electron chi connectivity index (χ4n) is 4.68. The molecule has 0 spiro atoms. The van der Waals surface area contributed by atoms with Crippen molar-refractivity contribution < 1.29 is 0 Å². The van der Waals surface area contributed by atoms with Crippen molar-refractivity contribution in [3.05, 3.63) is 144 Å². The van der Waals surface area contributed by atoms with Gasteiger partial charge in [-0.3, -0.25) is 9.97 Å². The van der Waals surface area contributed by atoms with Gasteiger partial charge in [-0.25, -0.2) is 0 Å². The molecule has 4 aromatic carbocycles. The van der Waals surface area contributed by atoms with Crippen LogP contribution in [0, 0.1) is 0 Å². The van der Waals surface area contributed by atoms with E-state index in [1.807, 2.05) is 48.8 Å². The molecule has 4 nitrogen and oxygen atoms in total. The summed E-state index contributed by atoms with van der Waals surface area (Å²) in [6, 6.07) is 38.3. The monoisotopic (exact) mass is 480 g/mol. The van der Waals surface area contributed by atoms with Gasteiger partial charge in [0.25, 0.3) is 0 Å². The Balaban J connectivity index is 1.05. The van der Waals surface area contributed by atoms with E-state index in [0.29, 0.717) is 0 Å². The molecule has 0 atom stereocenters. The summed E-state index contributed by atoms with van der Waals surface area (Å²) in [7, 11) is 0. The molecule has 0 saturated heterocycles. The first kappa shape index (κ1) is 22.7. The molecule has 2 heterocycles. The van der Waals surface area contributed by atoms with E-state index in [1.54, 1.807) is 0 Å². The zero-order valence-corrected chi connectivity index (χ0v) is 20.6. The molecule has 37 heavy (non-hydrogen) atoms. The molecule has 0 radical (unpaired) electrons. The Labute approximate surface area is 217 Å². The van der Waals surface area contributed by atoms with Gasteiger partial charge in [0.05, 0.1) is 11.0 Å². The van der Waals surface area contributed by atoms with E-state index in [2.05, 4.69) is 93.4 Å². The number of nitrogens with zero attached hydrogens (tertiary/aromatic N) is 2. The predicted molar refractivity (Wildman–Crippen MR) is 154 cm³/mol. The second-order valence-electron chi connectivity index (χ2n) is 9.27. The van der Waals surface area contributed by atoms with E-state index >= 15 is 0 Å². The average Bonchev–Trinajstić information content (AvgIpc) is 2.96. The van der Waals surface area contributed by atoms with Crippen molar-refractivity contribution in [2.24, 2.45) is 0 Å². The number of aromatic nitrogens is 2. The van der Waals surface area contributed by atoms with Gasteiger partial charge in [-0.05, 0) is 52.9 Å². The Morgan fingerprint density at radius 1 is 0.432 bits per heavy atom. The number of anilines is 2. The number of para-hydroxylation sites is 2. The molecule has 6 aromatic rings. The number of rotatable bonds is 8. The van der Waals surface area contributed by atoms with Crippen LogP contribution in [0.5, 0.6) is 0 Å². The van der Waals surface area contributed by atoms with Crippen LogP contribution < -0.4 is 10.6 Å². The highest BCUT2D eigenvalue weighted by molar-refractivity contribution is 5.91. The van der Waals surface area contributed by atoms with Crippen LogP contribution >= 0.6 is 0 Å². The highest BCUT2D eigenvalue weighted by atomic mass is 14.9. The molecule has 0 aliphatic rings. The standard InChI is InChI=1S/C33H28N4/c1-3-7-30-28(5-1)32(17-19-34-30)36-22-26-13-9-24(10-14-26)21-25-11-15-27(16-12-25)23-37-33-18-20-35-31-8-4-2-6-29(31)33/h1-20H,21-23H2,(H,34,36)(H,35,37). The largest absolute Gasteiger partial charge is 0.380 e. The van der Waals surface area contributed by atoms with Crippen LogP contribution in [-0.2, 0) is 19.5 Å². The van der Waals surface area contributed by atoms with E-state index in [0.717, 1.165) is 52.7 Å². The Morgan fingerprint density at radius 2 is 0.838 bits per heavy atom. The molecule has 2 N–H and O–H groups in total. The lowest BCUT2D eigenvalue weighted by Gasteiger charge is -2.11. The summed E-state index contributed by atoms with van der Waals surface area (Å²) in [6.45, 7) is 1.56. The normalized spacial score (nSPS) is 11.0. The van der Waals surface area contributed by atoms with Gasteiger partial charge in [0.15, 0.2) is 0 Å². The second kappa shape index (κ2) is 10.5. The van der Waals surface area contributed by atoms with Crippen molar-refractivity contribution >= 4 is 33.2 Å². The van der Waals surface area contributed by atoms with E-state index in [1.165, 1.54) is 22.3 Å². The second-order valence-corrected chi connectivity index (χ2v) is 9.27. The summed E-state index contributed by atoms with van der Waals surface area (Å²) in [5, 5.41) is 9.42. The highest BCUT2D eigenvalue weighted by Gasteiger charge is 2.04. The maximum Gasteiger partial charge on any atom is 0.0722 e. The van der Waals surface area contributed by atoms with Gasteiger partial charge in [-0.1, -0.05) is 84.9 Å². The topological polar surface area (TPSA) is 49.8 Å². The van der Waals surface area contributed by atoms with Crippen molar-refractivity contribution in [1.82, 2.24) is 9.97 Å². The summed E-state index contributed by atoms with van der Waals surface area (Å²) in [5.41, 5.74) is 9.39. The van der Waals surface area contributed by atoms with E-state index in [-0.39, 0.29) is 0 Å². The first-order valence-electron chi connectivity index (χ1n) is 12.6. The SMILES string of the molecule is c1ccc2c(NCc3ccc(Cc4ccc(CNc5ccnc6ccccc56)cc4)cc3)ccnc2c1. The Hall–Kier alpha value is -4.70. The van der Waals surface area contributed by atoms with Gasteiger partial charge >= 0.3 is 0 Å². The van der Waals surface area contributed by atoms with E-state index in [9.17, 15) is 0 Å². The molecular formula is C33H28N4. The lowest BCUT2D eigenvalue weighted by atomic mass is 10.0. The zero-order valence-electron chi connectivity index (χ0n) is 20.6. The van der Waals surface area contributed by atoms with Crippen LogP contribution in [0.25, 0.3) is 21.8 Å². The lowest BCUT2D eigenvalue weighted by molar-refractivity contribution is 1.11. The smallest absolute Gasteiger partial charge is 0.0722 e. The Bertz CT molecular complexity index is 1500. The molecule has 0 fully saturated rings. The van der Waals surface area contributed by atoms with Crippen molar-refractivity contribution in [3.8, 4) is 0 Å². The summed E-state index contributed by atoms with van der Waals surface area (Å²) in [4.78, 5) is 8.89. The fraction of sp³-hybridized carbons (Fsp3) is 0.0909. The summed E-state index contributed by atoms with van der Waals surface area (Å²) in [6.07, 6.45) is 4.64. The van der Waals surface area contributed by atoms with Crippen LogP contribution in [0.4, 0.5) is 11.4 Å². The number of hydrogen-bond donors (Lipinski definition) is 2. The first-order valence-corrected chi connectivity index (χ1v) is 12.6. The fourth-order valence-corrected chi connectivity index (χ4v) is 4.68. The van der Waals surface area contributed by atoms with Gasteiger partial charge in [-0.2, -0.15) is 0 Å². The molecule has 0 saturated carbocycles. The molecule has 0 bridgehead atoms. The molecule has 0 unspecified atom stereocenters. The van der Waals surface area contributed by atoms with E-state index < -0.39 is 0 Å². The predicted octanol–water partition coefficient (Wildman–Crippen LogP) is 7.60. The minimum absolute atomic E-state index is 0.781. The van der Waals surface area contributed by atoms with Crippen LogP contribution in [0.1, 0.15) is 22.3 Å². The molecule has 4 heteroatoms. The molecule has 6 rings (SSSR count). The third-order valence-corrected chi connectivity index (χ3v) is 6.72. The molecule has 0 amide bonds. The maximum absolute atomic E-state index is 4.44. The van der Waals surface area contributed by atoms with Crippen molar-refractivity contribution in [1.29, 1.82) is 0 Å². The molecular weight excluding hydrogens is 452 g/mol. The highest BCUT2D eigenvalue weighted by Crippen LogP contribution is 2.23.